The Kier molecular flexibility index (Phi) is 10.0. The first-order valence-corrected chi connectivity index (χ1v) is 11.3. The lowest BCUT2D eigenvalue weighted by Gasteiger charge is -2.19. The topological polar surface area (TPSA) is 89.9 Å². The van der Waals surface area contributed by atoms with Gasteiger partial charge in [-0.25, -0.2) is 14.0 Å². The molecule has 178 valence electrons. The normalized spacial score (nSPS) is 11.8. The predicted octanol–water partition coefficient (Wildman–Crippen LogP) is 5.82. The highest BCUT2D eigenvalue weighted by atomic mass is 19.1. The van der Waals surface area contributed by atoms with E-state index in [2.05, 4.69) is 13.8 Å². The maximum atomic E-state index is 14.5. The van der Waals surface area contributed by atoms with Gasteiger partial charge in [-0.05, 0) is 61.9 Å². The molecule has 0 bridgehead atoms. The SMILES string of the molecule is CCC(CC)C[C@@H](C)OC(=O)c1ccc(CCCC(=O)Oc2ccccc2C(=O)O)cc1F. The van der Waals surface area contributed by atoms with Crippen LogP contribution in [-0.4, -0.2) is 29.1 Å². The van der Waals surface area contributed by atoms with E-state index in [1.54, 1.807) is 18.2 Å². The second kappa shape index (κ2) is 12.7. The summed E-state index contributed by atoms with van der Waals surface area (Å²) < 4.78 is 25.0. The molecule has 1 atom stereocenters. The van der Waals surface area contributed by atoms with E-state index in [1.807, 2.05) is 6.92 Å². The van der Waals surface area contributed by atoms with Gasteiger partial charge in [-0.15, -0.1) is 0 Å². The summed E-state index contributed by atoms with van der Waals surface area (Å²) in [7, 11) is 0. The minimum absolute atomic E-state index is 0.0117. The summed E-state index contributed by atoms with van der Waals surface area (Å²) in [6, 6.07) is 10.2. The average Bonchev–Trinajstić information content (AvgIpc) is 2.77. The van der Waals surface area contributed by atoms with Crippen molar-refractivity contribution in [1.29, 1.82) is 0 Å². The van der Waals surface area contributed by atoms with Crippen LogP contribution in [0.25, 0.3) is 0 Å². The van der Waals surface area contributed by atoms with Gasteiger partial charge in [0.1, 0.15) is 17.1 Å². The van der Waals surface area contributed by atoms with Crippen molar-refractivity contribution in [3.63, 3.8) is 0 Å². The summed E-state index contributed by atoms with van der Waals surface area (Å²) in [6.07, 6.45) is 3.26. The second-order valence-electron chi connectivity index (χ2n) is 8.08. The number of carboxylic acid groups (broad SMARTS) is 1. The molecule has 0 amide bonds. The molecule has 0 aliphatic carbocycles. The molecule has 1 N–H and O–H groups in total. The Morgan fingerprint density at radius 3 is 2.36 bits per heavy atom. The van der Waals surface area contributed by atoms with Gasteiger partial charge in [0.15, 0.2) is 0 Å². The van der Waals surface area contributed by atoms with E-state index in [-0.39, 0.29) is 29.4 Å². The van der Waals surface area contributed by atoms with Crippen LogP contribution in [0.5, 0.6) is 5.75 Å². The van der Waals surface area contributed by atoms with Gasteiger partial charge in [0.25, 0.3) is 0 Å². The molecule has 2 rings (SSSR count). The van der Waals surface area contributed by atoms with Crippen molar-refractivity contribution in [3.8, 4) is 5.75 Å². The molecule has 0 spiro atoms. The zero-order chi connectivity index (χ0) is 24.4. The molecule has 0 aliphatic rings. The number of esters is 2. The molecule has 0 aliphatic heterocycles. The van der Waals surface area contributed by atoms with Gasteiger partial charge in [-0.3, -0.25) is 4.79 Å². The fourth-order valence-corrected chi connectivity index (χ4v) is 3.61. The highest BCUT2D eigenvalue weighted by Gasteiger charge is 2.19. The molecule has 2 aromatic carbocycles. The Labute approximate surface area is 193 Å². The Hall–Kier alpha value is -3.22. The van der Waals surface area contributed by atoms with Gasteiger partial charge in [0.2, 0.25) is 0 Å². The third kappa shape index (κ3) is 8.00. The van der Waals surface area contributed by atoms with Crippen LogP contribution in [0.3, 0.4) is 0 Å². The van der Waals surface area contributed by atoms with E-state index in [1.165, 1.54) is 24.3 Å². The number of halogens is 1. The molecular weight excluding hydrogens is 427 g/mol. The molecule has 2 aromatic rings. The number of ether oxygens (including phenoxy) is 2. The van der Waals surface area contributed by atoms with Crippen molar-refractivity contribution in [3.05, 3.63) is 65.0 Å². The van der Waals surface area contributed by atoms with Crippen LogP contribution in [0.4, 0.5) is 4.39 Å². The quantitative estimate of drug-likeness (QED) is 0.318. The summed E-state index contributed by atoms with van der Waals surface area (Å²) in [5, 5.41) is 9.14. The highest BCUT2D eigenvalue weighted by molar-refractivity contribution is 5.92. The van der Waals surface area contributed by atoms with Gasteiger partial charge >= 0.3 is 17.9 Å². The number of para-hydroxylation sites is 1. The monoisotopic (exact) mass is 458 g/mol. The first-order valence-electron chi connectivity index (χ1n) is 11.3. The Bertz CT molecular complexity index is 967. The first-order chi connectivity index (χ1) is 15.7. The van der Waals surface area contributed by atoms with Gasteiger partial charge in [-0.1, -0.05) is 44.9 Å². The molecule has 0 aromatic heterocycles. The van der Waals surface area contributed by atoms with E-state index < -0.39 is 23.7 Å². The smallest absolute Gasteiger partial charge is 0.341 e. The lowest BCUT2D eigenvalue weighted by molar-refractivity contribution is -0.134. The third-order valence-corrected chi connectivity index (χ3v) is 5.57. The van der Waals surface area contributed by atoms with Crippen LogP contribution in [0.1, 0.15) is 79.2 Å². The zero-order valence-electron chi connectivity index (χ0n) is 19.3. The summed E-state index contributed by atoms with van der Waals surface area (Å²) in [6.45, 7) is 6.00. The average molecular weight is 459 g/mol. The standard InChI is InChI=1S/C26H31FO6/c1-4-18(5-2)15-17(3)32-26(31)20-14-13-19(16-22(20)27)9-8-12-24(28)33-23-11-7-6-10-21(23)25(29)30/h6-7,10-11,13-14,16-18H,4-5,8-9,12,15H2,1-3H3,(H,29,30)/t17-/m1/s1. The molecule has 0 fully saturated rings. The van der Waals surface area contributed by atoms with Crippen LogP contribution in [0.15, 0.2) is 42.5 Å². The number of aromatic carboxylic acids is 1. The van der Waals surface area contributed by atoms with Gasteiger partial charge in [-0.2, -0.15) is 0 Å². The maximum Gasteiger partial charge on any atom is 0.341 e. The molecular formula is C26H31FO6. The summed E-state index contributed by atoms with van der Waals surface area (Å²) in [4.78, 5) is 35.6. The summed E-state index contributed by atoms with van der Waals surface area (Å²) >= 11 is 0. The predicted molar refractivity (Wildman–Crippen MR) is 122 cm³/mol. The molecule has 0 saturated carbocycles. The Balaban J connectivity index is 1.87. The van der Waals surface area contributed by atoms with E-state index >= 15 is 0 Å². The number of carboxylic acids is 1. The van der Waals surface area contributed by atoms with E-state index in [0.717, 1.165) is 19.3 Å². The largest absolute Gasteiger partial charge is 0.478 e. The Morgan fingerprint density at radius 2 is 1.73 bits per heavy atom. The fourth-order valence-electron chi connectivity index (χ4n) is 3.61. The molecule has 0 unspecified atom stereocenters. The van der Waals surface area contributed by atoms with Crippen molar-refractivity contribution < 1.29 is 33.4 Å². The second-order valence-corrected chi connectivity index (χ2v) is 8.08. The van der Waals surface area contributed by atoms with Gasteiger partial charge < -0.3 is 14.6 Å². The van der Waals surface area contributed by atoms with E-state index in [9.17, 15) is 18.8 Å². The lowest BCUT2D eigenvalue weighted by atomic mass is 9.97. The Morgan fingerprint density at radius 1 is 1.03 bits per heavy atom. The summed E-state index contributed by atoms with van der Waals surface area (Å²) in [5.41, 5.74) is 0.428. The molecule has 7 heteroatoms. The van der Waals surface area contributed by atoms with Crippen molar-refractivity contribution >= 4 is 17.9 Å². The molecule has 0 heterocycles. The van der Waals surface area contributed by atoms with Crippen LogP contribution in [0, 0.1) is 11.7 Å². The lowest BCUT2D eigenvalue weighted by Crippen LogP contribution is -2.19. The van der Waals surface area contributed by atoms with Crippen LogP contribution in [0.2, 0.25) is 0 Å². The highest BCUT2D eigenvalue weighted by Crippen LogP contribution is 2.21. The molecule has 0 saturated heterocycles. The van der Waals surface area contributed by atoms with Crippen molar-refractivity contribution in [2.75, 3.05) is 0 Å². The van der Waals surface area contributed by atoms with Crippen molar-refractivity contribution in [1.82, 2.24) is 0 Å². The number of hydrogen-bond acceptors (Lipinski definition) is 5. The minimum atomic E-state index is -1.18. The van der Waals surface area contributed by atoms with E-state index in [0.29, 0.717) is 24.3 Å². The molecule has 0 radical (unpaired) electrons. The van der Waals surface area contributed by atoms with Gasteiger partial charge in [0, 0.05) is 6.42 Å². The van der Waals surface area contributed by atoms with Crippen LogP contribution < -0.4 is 4.74 Å². The summed E-state index contributed by atoms with van der Waals surface area (Å²) in [5.74, 6) is -2.65. The zero-order valence-corrected chi connectivity index (χ0v) is 19.3. The number of aryl methyl sites for hydroxylation is 1. The number of hydrogen-bond donors (Lipinski definition) is 1. The van der Waals surface area contributed by atoms with Crippen molar-refractivity contribution in [2.24, 2.45) is 5.92 Å². The number of carbonyl (C=O) groups is 3. The van der Waals surface area contributed by atoms with Crippen LogP contribution in [-0.2, 0) is 16.0 Å². The van der Waals surface area contributed by atoms with Crippen LogP contribution >= 0.6 is 0 Å². The number of rotatable bonds is 12. The van der Waals surface area contributed by atoms with E-state index in [4.69, 9.17) is 14.6 Å². The van der Waals surface area contributed by atoms with Gasteiger partial charge in [0.05, 0.1) is 11.7 Å². The molecule has 33 heavy (non-hydrogen) atoms. The maximum absolute atomic E-state index is 14.5. The van der Waals surface area contributed by atoms with Crippen molar-refractivity contribution in [2.45, 2.75) is 65.4 Å². The first kappa shape index (κ1) is 26.0. The fraction of sp³-hybridized carbons (Fsp3) is 0.423. The third-order valence-electron chi connectivity index (χ3n) is 5.57. The number of carbonyl (C=O) groups excluding carboxylic acids is 2. The number of benzene rings is 2. The minimum Gasteiger partial charge on any atom is -0.478 e. The molecule has 6 nitrogen and oxygen atoms in total.